The second kappa shape index (κ2) is 9.00. The molecule has 0 aromatic heterocycles. The number of nitrogens with one attached hydrogen (secondary N) is 1. The van der Waals surface area contributed by atoms with E-state index in [4.69, 9.17) is 20.8 Å². The molecule has 2 heterocycles. The molecule has 41 heavy (non-hydrogen) atoms. The number of halogens is 3. The van der Waals surface area contributed by atoms with Gasteiger partial charge in [0.2, 0.25) is 0 Å². The van der Waals surface area contributed by atoms with Gasteiger partial charge in [0.05, 0.1) is 5.56 Å². The molecule has 0 aliphatic carbocycles. The van der Waals surface area contributed by atoms with E-state index in [-0.39, 0.29) is 28.3 Å². The molecular weight excluding hydrogens is 539 g/mol. The molecule has 2 unspecified atom stereocenters. The van der Waals surface area contributed by atoms with Gasteiger partial charge in [-0.15, -0.1) is 0 Å². The van der Waals surface area contributed by atoms with Crippen molar-refractivity contribution in [1.82, 2.24) is 0 Å². The number of nitrogens with zero attached hydrogens (tertiary/aromatic N) is 2. The molecule has 1 spiro atoms. The molecule has 208 valence electrons. The summed E-state index contributed by atoms with van der Waals surface area (Å²) in [5.41, 5.74) is -7.18. The smallest absolute Gasteiger partial charge is 0.412 e. The van der Waals surface area contributed by atoms with Crippen LogP contribution in [0.3, 0.4) is 0 Å². The molecule has 3 aromatic rings. The second-order valence-corrected chi connectivity index (χ2v) is 10.9. The van der Waals surface area contributed by atoms with Crippen LogP contribution in [0, 0.1) is 42.3 Å². The lowest BCUT2D eigenvalue weighted by molar-refractivity contribution is 0.0215. The Morgan fingerprint density at radius 2 is 1.68 bits per heavy atom. The van der Waals surface area contributed by atoms with Crippen LogP contribution in [0.5, 0.6) is 11.5 Å². The van der Waals surface area contributed by atoms with E-state index in [1.54, 1.807) is 39.8 Å². The molecule has 2 aliphatic rings. The van der Waals surface area contributed by atoms with Crippen molar-refractivity contribution >= 4 is 17.7 Å². The fraction of sp³-hybridized carbons (Fsp3) is 0.267. The van der Waals surface area contributed by atoms with Crippen molar-refractivity contribution in [2.24, 2.45) is 0 Å². The lowest BCUT2D eigenvalue weighted by Gasteiger charge is -2.37. The molecule has 0 radical (unpaired) electrons. The molecule has 11 heteroatoms. The van der Waals surface area contributed by atoms with Crippen LogP contribution in [-0.2, 0) is 20.6 Å². The molecule has 5 rings (SSSR count). The minimum Gasteiger partial charge on any atom is -0.456 e. The molecule has 0 saturated heterocycles. The number of amides is 1. The van der Waals surface area contributed by atoms with Crippen LogP contribution in [0.4, 0.5) is 23.7 Å². The molecule has 3 aromatic carbocycles. The van der Waals surface area contributed by atoms with E-state index < -0.39 is 62.9 Å². The topological polar surface area (TPSA) is 102 Å². The zero-order valence-electron chi connectivity index (χ0n) is 22.5. The standard InChI is InChI=1S/C30H22F3N3O5/c1-14-7-9-16-18(11-14)39-19-12-15(36-27(38)41-28(2,3)4)8-10-17(19)30(16)21-20(26(37)40-30)23(31)25(33)22(24(21)32)29(5,13-34)35-6/h7-12H,1-5H3,(H,36,38). The third-order valence-electron chi connectivity index (χ3n) is 6.79. The SMILES string of the molecule is [C-]#[N+]C(C)(C#N)c1c(F)c(F)c2c(c1F)C1(OC2=O)c2ccc(C)cc2Oc2cc(NC(=O)OC(C)(C)C)ccc21. The Kier molecular flexibility index (Phi) is 6.04. The number of nitriles is 1. The van der Waals surface area contributed by atoms with Crippen molar-refractivity contribution in [1.29, 1.82) is 5.26 Å². The van der Waals surface area contributed by atoms with E-state index in [0.717, 1.165) is 6.92 Å². The molecule has 1 amide bonds. The number of carbonyl (C=O) groups excluding carboxylic acids is 2. The highest BCUT2D eigenvalue weighted by atomic mass is 19.2. The van der Waals surface area contributed by atoms with Crippen molar-refractivity contribution < 1.29 is 37.0 Å². The number of aryl methyl sites for hydroxylation is 1. The Morgan fingerprint density at radius 3 is 2.29 bits per heavy atom. The lowest BCUT2D eigenvalue weighted by atomic mass is 9.75. The summed E-state index contributed by atoms with van der Waals surface area (Å²) < 4.78 is 64.4. The first-order chi connectivity index (χ1) is 19.2. The maximum Gasteiger partial charge on any atom is 0.412 e. The van der Waals surface area contributed by atoms with E-state index in [2.05, 4.69) is 10.2 Å². The Hall–Kier alpha value is -5.03. The molecule has 0 saturated carbocycles. The zero-order valence-corrected chi connectivity index (χ0v) is 22.5. The van der Waals surface area contributed by atoms with Crippen LogP contribution in [0.2, 0.25) is 0 Å². The maximum atomic E-state index is 16.5. The second-order valence-electron chi connectivity index (χ2n) is 10.9. The quantitative estimate of drug-likeness (QED) is 0.206. The number of hydrogen-bond acceptors (Lipinski definition) is 6. The number of anilines is 1. The van der Waals surface area contributed by atoms with Gasteiger partial charge in [0.15, 0.2) is 23.3 Å². The van der Waals surface area contributed by atoms with Crippen LogP contribution in [0.25, 0.3) is 4.85 Å². The summed E-state index contributed by atoms with van der Waals surface area (Å²) in [6.45, 7) is 15.2. The van der Waals surface area contributed by atoms with Gasteiger partial charge in [0, 0.05) is 29.8 Å². The van der Waals surface area contributed by atoms with Crippen LogP contribution >= 0.6 is 0 Å². The van der Waals surface area contributed by atoms with Gasteiger partial charge in [-0.3, -0.25) is 10.2 Å². The van der Waals surface area contributed by atoms with Gasteiger partial charge in [0.25, 0.3) is 0 Å². The van der Waals surface area contributed by atoms with Gasteiger partial charge in [-0.05, 0) is 51.5 Å². The Balaban J connectivity index is 1.82. The van der Waals surface area contributed by atoms with Crippen molar-refractivity contribution in [2.45, 2.75) is 51.4 Å². The summed E-state index contributed by atoms with van der Waals surface area (Å²) in [5, 5.41) is 12.2. The lowest BCUT2D eigenvalue weighted by Crippen LogP contribution is -2.35. The molecule has 2 aliphatic heterocycles. The number of benzene rings is 3. The largest absolute Gasteiger partial charge is 0.456 e. The van der Waals surface area contributed by atoms with Crippen molar-refractivity contribution in [2.75, 3.05) is 5.32 Å². The molecule has 0 fully saturated rings. The predicted octanol–water partition coefficient (Wildman–Crippen LogP) is 6.99. The number of hydrogen-bond donors (Lipinski definition) is 1. The highest BCUT2D eigenvalue weighted by Gasteiger charge is 2.59. The van der Waals surface area contributed by atoms with Crippen LogP contribution in [0.15, 0.2) is 36.4 Å². The Bertz CT molecular complexity index is 1750. The first-order valence-corrected chi connectivity index (χ1v) is 12.3. The third-order valence-corrected chi connectivity index (χ3v) is 6.79. The summed E-state index contributed by atoms with van der Waals surface area (Å²) in [6.07, 6.45) is -0.764. The van der Waals surface area contributed by atoms with E-state index in [1.807, 2.05) is 0 Å². The summed E-state index contributed by atoms with van der Waals surface area (Å²) in [4.78, 5) is 28.6. The zero-order chi connectivity index (χ0) is 30.1. The number of fused-ring (bicyclic) bond motifs is 6. The van der Waals surface area contributed by atoms with E-state index in [0.29, 0.717) is 5.56 Å². The van der Waals surface area contributed by atoms with Gasteiger partial charge in [0.1, 0.15) is 34.0 Å². The summed E-state index contributed by atoms with van der Waals surface area (Å²) in [7, 11) is 0. The molecule has 1 N–H and O–H groups in total. The van der Waals surface area contributed by atoms with Gasteiger partial charge < -0.3 is 14.2 Å². The normalized spacial score (nSPS) is 18.0. The van der Waals surface area contributed by atoms with Crippen molar-refractivity contribution in [3.8, 4) is 17.6 Å². The summed E-state index contributed by atoms with van der Waals surface area (Å²) in [5.74, 6) is -6.27. The van der Waals surface area contributed by atoms with Gasteiger partial charge in [-0.1, -0.05) is 12.1 Å². The van der Waals surface area contributed by atoms with E-state index in [9.17, 15) is 14.9 Å². The number of esters is 1. The molecular formula is C30H22F3N3O5. The van der Waals surface area contributed by atoms with Gasteiger partial charge in [-0.2, -0.15) is 5.26 Å². The maximum absolute atomic E-state index is 16.5. The Morgan fingerprint density at radius 1 is 1.05 bits per heavy atom. The van der Waals surface area contributed by atoms with E-state index >= 15 is 13.2 Å². The fourth-order valence-electron chi connectivity index (χ4n) is 5.03. The van der Waals surface area contributed by atoms with Gasteiger partial charge >= 0.3 is 17.6 Å². The van der Waals surface area contributed by atoms with Crippen LogP contribution < -0.4 is 10.1 Å². The average molecular weight is 562 g/mol. The number of ether oxygens (including phenoxy) is 3. The first kappa shape index (κ1) is 27.5. The Labute approximate surface area is 233 Å². The number of rotatable bonds is 2. The number of carbonyl (C=O) groups is 2. The first-order valence-electron chi connectivity index (χ1n) is 12.3. The minimum absolute atomic E-state index is 0.0104. The molecule has 0 bridgehead atoms. The summed E-state index contributed by atoms with van der Waals surface area (Å²) in [6, 6.07) is 10.4. The highest BCUT2D eigenvalue weighted by Crippen LogP contribution is 2.58. The van der Waals surface area contributed by atoms with Crippen molar-refractivity contribution in [3.05, 3.63) is 98.6 Å². The van der Waals surface area contributed by atoms with Crippen molar-refractivity contribution in [3.63, 3.8) is 0 Å². The average Bonchev–Trinajstić information content (AvgIpc) is 3.19. The highest BCUT2D eigenvalue weighted by molar-refractivity contribution is 5.98. The third kappa shape index (κ3) is 4.04. The van der Waals surface area contributed by atoms with E-state index in [1.165, 1.54) is 30.3 Å². The minimum atomic E-state index is -2.46. The molecule has 2 atom stereocenters. The van der Waals surface area contributed by atoms with Gasteiger partial charge in [-0.25, -0.2) is 29.3 Å². The van der Waals surface area contributed by atoms with Crippen LogP contribution in [-0.4, -0.2) is 17.7 Å². The summed E-state index contributed by atoms with van der Waals surface area (Å²) >= 11 is 0. The monoisotopic (exact) mass is 561 g/mol. The molecule has 8 nitrogen and oxygen atoms in total. The predicted molar refractivity (Wildman–Crippen MR) is 139 cm³/mol. The fourth-order valence-corrected chi connectivity index (χ4v) is 5.03. The van der Waals surface area contributed by atoms with Crippen LogP contribution in [0.1, 0.15) is 65.9 Å².